The molecule has 2 heterocycles. The predicted molar refractivity (Wildman–Crippen MR) is 125 cm³/mol. The fraction of sp³-hybridized carbons (Fsp3) is 0.227. The van der Waals surface area contributed by atoms with Gasteiger partial charge in [0.05, 0.1) is 19.8 Å². The van der Waals surface area contributed by atoms with E-state index in [0.717, 1.165) is 36.6 Å². The van der Waals surface area contributed by atoms with E-state index >= 15 is 0 Å². The quantitative estimate of drug-likeness (QED) is 0.380. The number of rotatable bonds is 6. The average molecular weight is 519 g/mol. The highest BCUT2D eigenvalue weighted by Crippen LogP contribution is 2.33. The summed E-state index contributed by atoms with van der Waals surface area (Å²) in [6, 6.07) is 18.1. The van der Waals surface area contributed by atoms with Crippen LogP contribution in [0.15, 0.2) is 63.5 Å². The number of benzene rings is 2. The predicted octanol–water partition coefficient (Wildman–Crippen LogP) is 5.22. The first-order chi connectivity index (χ1) is 14.0. The molecule has 29 heavy (non-hydrogen) atoms. The largest absolute Gasteiger partial charge is 0.481 e. The van der Waals surface area contributed by atoms with Gasteiger partial charge in [0.15, 0.2) is 0 Å². The Kier molecular flexibility index (Phi) is 5.81. The van der Waals surface area contributed by atoms with E-state index in [-0.39, 0.29) is 0 Å². The van der Waals surface area contributed by atoms with Gasteiger partial charge in [0.25, 0.3) is 0 Å². The molecule has 7 heteroatoms. The van der Waals surface area contributed by atoms with Crippen LogP contribution in [0.5, 0.6) is 5.88 Å². The molecule has 2 aromatic carbocycles. The minimum atomic E-state index is -0.570. The van der Waals surface area contributed by atoms with Crippen molar-refractivity contribution in [3.63, 3.8) is 0 Å². The van der Waals surface area contributed by atoms with Gasteiger partial charge in [-0.3, -0.25) is 0 Å². The van der Waals surface area contributed by atoms with Crippen molar-refractivity contribution in [2.75, 3.05) is 25.6 Å². The number of aliphatic hydroxyl groups excluding tert-OH is 1. The molecule has 5 nitrogen and oxygen atoms in total. The zero-order valence-electron chi connectivity index (χ0n) is 16.1. The van der Waals surface area contributed by atoms with Crippen LogP contribution < -0.4 is 9.64 Å². The van der Waals surface area contributed by atoms with Crippen molar-refractivity contribution < 1.29 is 9.84 Å². The summed E-state index contributed by atoms with van der Waals surface area (Å²) in [5, 5.41) is 13.2. The van der Waals surface area contributed by atoms with Crippen LogP contribution in [-0.2, 0) is 6.54 Å². The first-order valence-corrected chi connectivity index (χ1v) is 10.8. The molecule has 0 bridgehead atoms. The second-order valence-electron chi connectivity index (χ2n) is 7.01. The lowest BCUT2D eigenvalue weighted by Gasteiger charge is -2.23. The van der Waals surface area contributed by atoms with Crippen molar-refractivity contribution >= 4 is 59.5 Å². The molecule has 0 aliphatic carbocycles. The van der Waals surface area contributed by atoms with Crippen LogP contribution in [0, 0.1) is 0 Å². The lowest BCUT2D eigenvalue weighted by Crippen LogP contribution is -2.32. The molecule has 0 aliphatic rings. The third-order valence-electron chi connectivity index (χ3n) is 4.98. The molecule has 0 radical (unpaired) electrons. The Morgan fingerprint density at radius 3 is 2.24 bits per heavy atom. The highest BCUT2D eigenvalue weighted by Gasteiger charge is 2.16. The molecular weight excluding hydrogens is 498 g/mol. The number of fused-ring (bicyclic) bond motifs is 3. The molecule has 0 fully saturated rings. The summed E-state index contributed by atoms with van der Waals surface area (Å²) in [5.41, 5.74) is 2.20. The number of pyridine rings is 1. The smallest absolute Gasteiger partial charge is 0.214 e. The maximum absolute atomic E-state index is 10.9. The van der Waals surface area contributed by atoms with Crippen LogP contribution in [0.25, 0.3) is 21.8 Å². The Balaban J connectivity index is 1.64. The Hall–Kier alpha value is -2.09. The molecule has 1 atom stereocenters. The van der Waals surface area contributed by atoms with E-state index in [0.29, 0.717) is 19.0 Å². The molecule has 1 N–H and O–H groups in total. The fourth-order valence-corrected chi connectivity index (χ4v) is 4.38. The van der Waals surface area contributed by atoms with Gasteiger partial charge in [-0.05, 0) is 42.5 Å². The van der Waals surface area contributed by atoms with Gasteiger partial charge in [-0.1, -0.05) is 37.9 Å². The van der Waals surface area contributed by atoms with Crippen LogP contribution in [0.2, 0.25) is 0 Å². The van der Waals surface area contributed by atoms with E-state index in [2.05, 4.69) is 65.7 Å². The molecule has 2 aromatic heterocycles. The topological polar surface area (TPSA) is 50.5 Å². The van der Waals surface area contributed by atoms with Crippen LogP contribution in [0.4, 0.5) is 5.82 Å². The summed E-state index contributed by atoms with van der Waals surface area (Å²) in [6.45, 7) is 0.936. The van der Waals surface area contributed by atoms with Crippen LogP contribution in [0.3, 0.4) is 0 Å². The van der Waals surface area contributed by atoms with E-state index in [1.54, 1.807) is 7.11 Å². The maximum atomic E-state index is 10.9. The summed E-state index contributed by atoms with van der Waals surface area (Å²) >= 11 is 7.15. The highest BCUT2D eigenvalue weighted by atomic mass is 79.9. The molecule has 0 spiro atoms. The van der Waals surface area contributed by atoms with Crippen LogP contribution in [0.1, 0.15) is 0 Å². The fourth-order valence-electron chi connectivity index (χ4n) is 3.65. The normalized spacial score (nSPS) is 12.4. The number of aliphatic hydroxyl groups is 1. The average Bonchev–Trinajstić information content (AvgIpc) is 3.00. The number of anilines is 1. The van der Waals surface area contributed by atoms with Gasteiger partial charge in [0.2, 0.25) is 5.88 Å². The van der Waals surface area contributed by atoms with Crippen molar-refractivity contribution in [1.82, 2.24) is 9.55 Å². The van der Waals surface area contributed by atoms with Gasteiger partial charge < -0.3 is 19.3 Å². The SMILES string of the molecule is COc1cccc(N(C)CC(O)Cn2c3ccc(Br)cc3c3cc(Br)ccc32)n1. The van der Waals surface area contributed by atoms with E-state index in [9.17, 15) is 5.11 Å². The van der Waals surface area contributed by atoms with Gasteiger partial charge in [0.1, 0.15) is 5.82 Å². The third-order valence-corrected chi connectivity index (χ3v) is 5.96. The monoisotopic (exact) mass is 517 g/mol. The zero-order valence-corrected chi connectivity index (χ0v) is 19.3. The minimum Gasteiger partial charge on any atom is -0.481 e. The van der Waals surface area contributed by atoms with Crippen LogP contribution in [-0.4, -0.2) is 41.5 Å². The van der Waals surface area contributed by atoms with Crippen molar-refractivity contribution in [3.05, 3.63) is 63.5 Å². The summed E-state index contributed by atoms with van der Waals surface area (Å²) in [7, 11) is 3.52. The Morgan fingerprint density at radius 1 is 1.03 bits per heavy atom. The molecule has 0 saturated carbocycles. The summed E-state index contributed by atoms with van der Waals surface area (Å²) in [5.74, 6) is 1.32. The first-order valence-electron chi connectivity index (χ1n) is 9.23. The lowest BCUT2D eigenvalue weighted by atomic mass is 10.2. The lowest BCUT2D eigenvalue weighted by molar-refractivity contribution is 0.163. The number of halogens is 2. The second kappa shape index (κ2) is 8.34. The van der Waals surface area contributed by atoms with E-state index < -0.39 is 6.10 Å². The van der Waals surface area contributed by atoms with Crippen molar-refractivity contribution in [1.29, 1.82) is 0 Å². The molecule has 4 aromatic rings. The number of aromatic nitrogens is 2. The standard InChI is InChI=1S/C22H21Br2N3O2/c1-26(21-4-3-5-22(25-21)29-2)12-16(28)13-27-19-8-6-14(23)10-17(19)18-11-15(24)7-9-20(18)27/h3-11,16,28H,12-13H2,1-2H3. The van der Waals surface area contributed by atoms with E-state index in [1.807, 2.05) is 42.3 Å². The molecule has 150 valence electrons. The Bertz CT molecular complexity index is 1120. The summed E-state index contributed by atoms with van der Waals surface area (Å²) in [4.78, 5) is 6.37. The third kappa shape index (κ3) is 4.13. The number of hydrogen-bond donors (Lipinski definition) is 1. The number of methoxy groups -OCH3 is 1. The molecule has 0 aliphatic heterocycles. The first kappa shape index (κ1) is 20.2. The molecular formula is C22H21Br2N3O2. The molecule has 0 amide bonds. The highest BCUT2D eigenvalue weighted by molar-refractivity contribution is 9.10. The molecule has 4 rings (SSSR count). The van der Waals surface area contributed by atoms with Crippen LogP contribution >= 0.6 is 31.9 Å². The Morgan fingerprint density at radius 2 is 1.66 bits per heavy atom. The van der Waals surface area contributed by atoms with Gasteiger partial charge in [-0.2, -0.15) is 4.98 Å². The van der Waals surface area contributed by atoms with Gasteiger partial charge in [-0.15, -0.1) is 0 Å². The van der Waals surface area contributed by atoms with Crippen molar-refractivity contribution in [3.8, 4) is 5.88 Å². The Labute approximate surface area is 186 Å². The molecule has 0 saturated heterocycles. The zero-order chi connectivity index (χ0) is 20.5. The number of likely N-dealkylation sites (N-methyl/N-ethyl adjacent to an activating group) is 1. The summed E-state index contributed by atoms with van der Waals surface area (Å²) in [6.07, 6.45) is -0.570. The van der Waals surface area contributed by atoms with E-state index in [1.165, 1.54) is 0 Å². The van der Waals surface area contributed by atoms with Gasteiger partial charge in [-0.25, -0.2) is 0 Å². The summed E-state index contributed by atoms with van der Waals surface area (Å²) < 4.78 is 9.45. The number of ether oxygens (including phenoxy) is 1. The van der Waals surface area contributed by atoms with Gasteiger partial charge >= 0.3 is 0 Å². The number of hydrogen-bond acceptors (Lipinski definition) is 4. The van der Waals surface area contributed by atoms with Crippen molar-refractivity contribution in [2.24, 2.45) is 0 Å². The second-order valence-corrected chi connectivity index (χ2v) is 8.84. The van der Waals surface area contributed by atoms with Crippen molar-refractivity contribution in [2.45, 2.75) is 12.6 Å². The maximum Gasteiger partial charge on any atom is 0.214 e. The minimum absolute atomic E-state index is 0.453. The van der Waals surface area contributed by atoms with Gasteiger partial charge in [0, 0.05) is 50.4 Å². The van der Waals surface area contributed by atoms with E-state index in [4.69, 9.17) is 4.74 Å². The molecule has 1 unspecified atom stereocenters. The number of nitrogens with zero attached hydrogens (tertiary/aromatic N) is 3.